The number of alkyl carbamates (subject to hydrolysis) is 1. The zero-order chi connectivity index (χ0) is 38.2. The number of ether oxygens (including phenoxy) is 3. The minimum Gasteiger partial charge on any atom is -0.497 e. The van der Waals surface area contributed by atoms with Gasteiger partial charge >= 0.3 is 6.09 Å². The number of nitrogens with one attached hydrogen (secondary N) is 3. The normalized spacial score (nSPS) is 23.9. The van der Waals surface area contributed by atoms with E-state index in [0.29, 0.717) is 29.9 Å². The molecule has 2 aromatic rings. The van der Waals surface area contributed by atoms with Crippen LogP contribution in [0.3, 0.4) is 0 Å². The number of hydrogen-bond acceptors (Lipinski definition) is 10. The molecule has 0 spiro atoms. The van der Waals surface area contributed by atoms with E-state index in [4.69, 9.17) is 14.2 Å². The third-order valence-corrected chi connectivity index (χ3v) is 11.7. The van der Waals surface area contributed by atoms with Crippen LogP contribution in [0.5, 0.6) is 11.6 Å². The Morgan fingerprint density at radius 1 is 1.12 bits per heavy atom. The van der Waals surface area contributed by atoms with Gasteiger partial charge in [0.25, 0.3) is 5.91 Å². The highest BCUT2D eigenvalue weighted by atomic mass is 32.2. The number of carbonyl (C=O) groups excluding carboxylic acids is 4. The molecule has 14 nitrogen and oxygen atoms in total. The summed E-state index contributed by atoms with van der Waals surface area (Å²) in [5, 5.41) is 6.35. The quantitative estimate of drug-likeness (QED) is 0.271. The highest BCUT2D eigenvalue weighted by Crippen LogP contribution is 2.45. The summed E-state index contributed by atoms with van der Waals surface area (Å²) in [5.74, 6) is -1.64. The molecule has 52 heavy (non-hydrogen) atoms. The topological polar surface area (TPSA) is 182 Å². The van der Waals surface area contributed by atoms with Crippen molar-refractivity contribution in [1.29, 1.82) is 0 Å². The highest BCUT2D eigenvalue weighted by Gasteiger charge is 2.62. The molecule has 4 amide bonds. The average molecular weight is 742 g/mol. The standard InChI is InChI=1S/C37H51N5O9S/c1-9-23-19-37(23,33(45)41-52(47,48)26-11-10-12-26)40-30(43)28-18-25(51-31-27-14-13-24(49-8)17-22(27)15-16-38-31)20-42(28)32(44)29(36(5,6)7)39-34(46)50-21-35(2,3)4/h9,13-17,23,25-26,28-29H,1,10-12,18-21H2,2-8H3,(H,39,46)(H,40,43)(H,41,45)/t23-,25-,28+,29-,37-/m1/s1. The molecule has 2 saturated carbocycles. The first-order valence-electron chi connectivity index (χ1n) is 17.6. The van der Waals surface area contributed by atoms with Crippen LogP contribution in [0.4, 0.5) is 4.79 Å². The summed E-state index contributed by atoms with van der Waals surface area (Å²) >= 11 is 0. The van der Waals surface area contributed by atoms with E-state index in [1.807, 2.05) is 39.0 Å². The number of likely N-dealkylation sites (tertiary alicyclic amines) is 1. The Morgan fingerprint density at radius 3 is 2.40 bits per heavy atom. The van der Waals surface area contributed by atoms with E-state index >= 15 is 0 Å². The van der Waals surface area contributed by atoms with Gasteiger partial charge in [0.2, 0.25) is 27.7 Å². The van der Waals surface area contributed by atoms with Crippen LogP contribution in [0, 0.1) is 16.7 Å². The Morgan fingerprint density at radius 2 is 1.83 bits per heavy atom. The van der Waals surface area contributed by atoms with Crippen LogP contribution in [0.1, 0.15) is 73.6 Å². The van der Waals surface area contributed by atoms with Crippen molar-refractivity contribution in [2.24, 2.45) is 16.7 Å². The molecule has 15 heteroatoms. The largest absolute Gasteiger partial charge is 0.497 e. The van der Waals surface area contributed by atoms with Crippen molar-refractivity contribution < 1.29 is 41.8 Å². The summed E-state index contributed by atoms with van der Waals surface area (Å²) in [6, 6.07) is 4.98. The van der Waals surface area contributed by atoms with Gasteiger partial charge in [-0.15, -0.1) is 6.58 Å². The Bertz CT molecular complexity index is 1830. The molecule has 1 saturated heterocycles. The molecule has 1 aromatic heterocycles. The van der Waals surface area contributed by atoms with Crippen LogP contribution in [0.15, 0.2) is 43.1 Å². The van der Waals surface area contributed by atoms with Crippen molar-refractivity contribution in [1.82, 2.24) is 25.2 Å². The van der Waals surface area contributed by atoms with Crippen molar-refractivity contribution in [3.63, 3.8) is 0 Å². The maximum absolute atomic E-state index is 14.5. The lowest BCUT2D eigenvalue weighted by Gasteiger charge is -2.35. The second-order valence-corrected chi connectivity index (χ2v) is 18.3. The SMILES string of the molecule is C=C[C@@H]1C[C@]1(NC(=O)[C@@H]1C[C@@H](Oc2nccc3cc(OC)ccc23)CN1C(=O)[C@@H](NC(=O)OCC(C)(C)C)C(C)(C)C)C(=O)NS(=O)(=O)C1CCC1. The number of sulfonamides is 1. The van der Waals surface area contributed by atoms with E-state index in [1.54, 1.807) is 40.1 Å². The number of fused-ring (bicyclic) bond motifs is 1. The van der Waals surface area contributed by atoms with Crippen LogP contribution in [0.2, 0.25) is 0 Å². The zero-order valence-electron chi connectivity index (χ0n) is 31.0. The van der Waals surface area contributed by atoms with Crippen LogP contribution >= 0.6 is 0 Å². The fourth-order valence-electron chi connectivity index (χ4n) is 6.46. The van der Waals surface area contributed by atoms with Crippen molar-refractivity contribution in [2.75, 3.05) is 20.3 Å². The number of rotatable bonds is 12. The fourth-order valence-corrected chi connectivity index (χ4v) is 8.02. The van der Waals surface area contributed by atoms with E-state index < -0.39 is 74.1 Å². The van der Waals surface area contributed by atoms with E-state index in [-0.39, 0.29) is 31.4 Å². The van der Waals surface area contributed by atoms with Crippen LogP contribution < -0.4 is 24.8 Å². The smallest absolute Gasteiger partial charge is 0.407 e. The highest BCUT2D eigenvalue weighted by molar-refractivity contribution is 7.90. The van der Waals surface area contributed by atoms with Gasteiger partial charge < -0.3 is 29.7 Å². The summed E-state index contributed by atoms with van der Waals surface area (Å²) in [6.45, 7) is 14.9. The lowest BCUT2D eigenvalue weighted by molar-refractivity contribution is -0.142. The molecule has 0 radical (unpaired) electrons. The number of hydrogen-bond donors (Lipinski definition) is 3. The van der Waals surface area contributed by atoms with Crippen molar-refractivity contribution in [3.05, 3.63) is 43.1 Å². The van der Waals surface area contributed by atoms with Gasteiger partial charge in [-0.2, -0.15) is 0 Å². The van der Waals surface area contributed by atoms with Crippen LogP contribution in [-0.2, 0) is 29.1 Å². The minimum absolute atomic E-state index is 0.0218. The molecule has 5 atom stereocenters. The van der Waals surface area contributed by atoms with Crippen molar-refractivity contribution in [2.45, 2.75) is 103 Å². The third-order valence-electron chi connectivity index (χ3n) is 9.85. The second-order valence-electron chi connectivity index (χ2n) is 16.3. The van der Waals surface area contributed by atoms with Gasteiger partial charge in [-0.25, -0.2) is 18.2 Å². The molecule has 1 aliphatic heterocycles. The monoisotopic (exact) mass is 741 g/mol. The van der Waals surface area contributed by atoms with Gasteiger partial charge in [-0.05, 0) is 59.7 Å². The summed E-state index contributed by atoms with van der Waals surface area (Å²) in [5.41, 5.74) is -2.68. The average Bonchev–Trinajstić information content (AvgIpc) is 3.59. The maximum atomic E-state index is 14.5. The van der Waals surface area contributed by atoms with Gasteiger partial charge in [-0.1, -0.05) is 54.0 Å². The molecule has 3 aliphatic rings. The minimum atomic E-state index is -3.93. The Labute approximate surface area is 305 Å². The van der Waals surface area contributed by atoms with Gasteiger partial charge in [0, 0.05) is 23.9 Å². The molecular formula is C37H51N5O9S. The zero-order valence-corrected chi connectivity index (χ0v) is 31.8. The number of carbonyl (C=O) groups is 4. The molecule has 2 aliphatic carbocycles. The predicted octanol–water partition coefficient (Wildman–Crippen LogP) is 3.84. The van der Waals surface area contributed by atoms with Crippen molar-refractivity contribution in [3.8, 4) is 11.6 Å². The first-order valence-corrected chi connectivity index (χ1v) is 19.2. The Hall–Kier alpha value is -4.40. The molecule has 1 aromatic carbocycles. The molecule has 284 valence electrons. The van der Waals surface area contributed by atoms with Gasteiger partial charge in [0.15, 0.2) is 0 Å². The number of pyridine rings is 1. The number of benzene rings is 1. The molecule has 0 unspecified atom stereocenters. The lowest BCUT2D eigenvalue weighted by atomic mass is 9.85. The van der Waals surface area contributed by atoms with E-state index in [1.165, 1.54) is 11.0 Å². The van der Waals surface area contributed by atoms with Crippen LogP contribution in [-0.4, -0.2) is 91.4 Å². The molecule has 3 N–H and O–H groups in total. The first-order chi connectivity index (χ1) is 24.3. The number of amides is 4. The summed E-state index contributed by atoms with van der Waals surface area (Å²) in [4.78, 5) is 61.0. The fraction of sp³-hybridized carbons (Fsp3) is 0.595. The van der Waals surface area contributed by atoms with Crippen molar-refractivity contribution >= 4 is 44.6 Å². The lowest BCUT2D eigenvalue weighted by Crippen LogP contribution is -2.60. The Balaban J connectivity index is 1.43. The molecular weight excluding hydrogens is 691 g/mol. The third kappa shape index (κ3) is 8.45. The number of methoxy groups -OCH3 is 1. The predicted molar refractivity (Wildman–Crippen MR) is 194 cm³/mol. The second kappa shape index (κ2) is 14.6. The summed E-state index contributed by atoms with van der Waals surface area (Å²) in [7, 11) is -2.36. The summed E-state index contributed by atoms with van der Waals surface area (Å²) in [6.07, 6.45) is 3.44. The molecule has 3 fully saturated rings. The van der Waals surface area contributed by atoms with E-state index in [9.17, 15) is 27.6 Å². The molecule has 0 bridgehead atoms. The molecule has 5 rings (SSSR count). The molecule has 2 heterocycles. The van der Waals surface area contributed by atoms with Gasteiger partial charge in [0.1, 0.15) is 29.5 Å². The van der Waals surface area contributed by atoms with Gasteiger partial charge in [-0.3, -0.25) is 19.1 Å². The first kappa shape index (κ1) is 38.8. The summed E-state index contributed by atoms with van der Waals surface area (Å²) < 4.78 is 45.1. The van der Waals surface area contributed by atoms with E-state index in [0.717, 1.165) is 11.8 Å². The number of nitrogens with zero attached hydrogens (tertiary/aromatic N) is 2. The van der Waals surface area contributed by atoms with Gasteiger partial charge in [0.05, 0.1) is 25.5 Å². The number of aromatic nitrogens is 1. The van der Waals surface area contributed by atoms with Crippen LogP contribution in [0.25, 0.3) is 10.8 Å². The van der Waals surface area contributed by atoms with E-state index in [2.05, 4.69) is 26.9 Å². The maximum Gasteiger partial charge on any atom is 0.407 e. The Kier molecular flexibility index (Phi) is 10.9.